The van der Waals surface area contributed by atoms with Gasteiger partial charge in [0.15, 0.2) is 0 Å². The molecule has 0 aliphatic rings. The molecule has 0 atom stereocenters. The average Bonchev–Trinajstić information content (AvgIpc) is 3.54. The van der Waals surface area contributed by atoms with E-state index in [-0.39, 0.29) is 0 Å². The summed E-state index contributed by atoms with van der Waals surface area (Å²) in [6, 6.07) is 42.2. The molecule has 3 aromatic heterocycles. The van der Waals surface area contributed by atoms with Crippen LogP contribution in [0.1, 0.15) is 0 Å². The highest BCUT2D eigenvalue weighted by Gasteiger charge is 2.21. The molecule has 0 N–H and O–H groups in total. The van der Waals surface area contributed by atoms with Crippen molar-refractivity contribution in [3.63, 3.8) is 0 Å². The third-order valence-corrected chi connectivity index (χ3v) is 8.02. The SMILES string of the molecule is c1ccc(-c2cccc3cnc(-n4c5ccccc5c5ccc6oc7cc8ccccc8cc7c6c54)nc23)cc1. The Balaban J connectivity index is 1.44. The Kier molecular flexibility index (Phi) is 4.30. The summed E-state index contributed by atoms with van der Waals surface area (Å²) >= 11 is 0. The van der Waals surface area contributed by atoms with Crippen LogP contribution in [0.2, 0.25) is 0 Å². The van der Waals surface area contributed by atoms with E-state index in [2.05, 4.69) is 120 Å². The lowest BCUT2D eigenvalue weighted by atomic mass is 10.0. The summed E-state index contributed by atoms with van der Waals surface area (Å²) in [6.45, 7) is 0. The normalized spacial score (nSPS) is 12.0. The Morgan fingerprint density at radius 2 is 1.35 bits per heavy atom. The topological polar surface area (TPSA) is 43.9 Å². The van der Waals surface area contributed by atoms with Crippen molar-refractivity contribution < 1.29 is 4.42 Å². The third kappa shape index (κ3) is 2.96. The quantitative estimate of drug-likeness (QED) is 0.232. The lowest BCUT2D eigenvalue weighted by Crippen LogP contribution is -2.02. The zero-order chi connectivity index (χ0) is 26.2. The first-order valence-electron chi connectivity index (χ1n) is 13.4. The van der Waals surface area contributed by atoms with Crippen molar-refractivity contribution in [1.29, 1.82) is 0 Å². The fourth-order valence-corrected chi connectivity index (χ4v) is 6.21. The smallest absolute Gasteiger partial charge is 0.235 e. The average molecular weight is 512 g/mol. The molecular weight excluding hydrogens is 490 g/mol. The Morgan fingerprint density at radius 1 is 0.575 bits per heavy atom. The molecule has 0 unspecified atom stereocenters. The van der Waals surface area contributed by atoms with Crippen LogP contribution in [0.4, 0.5) is 0 Å². The van der Waals surface area contributed by atoms with Crippen molar-refractivity contribution in [1.82, 2.24) is 14.5 Å². The third-order valence-electron chi connectivity index (χ3n) is 8.02. The lowest BCUT2D eigenvalue weighted by molar-refractivity contribution is 0.669. The number of rotatable bonds is 2. The molecule has 4 nitrogen and oxygen atoms in total. The lowest BCUT2D eigenvalue weighted by Gasteiger charge is -2.10. The van der Waals surface area contributed by atoms with Crippen LogP contribution < -0.4 is 0 Å². The van der Waals surface area contributed by atoms with Crippen molar-refractivity contribution in [2.45, 2.75) is 0 Å². The van der Waals surface area contributed by atoms with E-state index in [4.69, 9.17) is 14.4 Å². The van der Waals surface area contributed by atoms with Crippen LogP contribution in [0.3, 0.4) is 0 Å². The molecule has 0 radical (unpaired) electrons. The van der Waals surface area contributed by atoms with Gasteiger partial charge in [-0.05, 0) is 46.7 Å². The Morgan fingerprint density at radius 3 is 2.25 bits per heavy atom. The van der Waals surface area contributed by atoms with Crippen molar-refractivity contribution in [3.05, 3.63) is 128 Å². The number of hydrogen-bond acceptors (Lipinski definition) is 3. The van der Waals surface area contributed by atoms with Crippen LogP contribution in [0.25, 0.3) is 82.5 Å². The molecule has 0 bridgehead atoms. The minimum absolute atomic E-state index is 0.643. The van der Waals surface area contributed by atoms with Gasteiger partial charge < -0.3 is 4.42 Å². The molecule has 0 spiro atoms. The standard InChI is InChI=1S/C36H21N3O/c1-2-9-22(10-3-1)26-15-8-13-25-21-37-36(38-34(25)26)39-30-16-7-6-14-27(30)28-17-18-31-33(35(28)39)29-19-23-11-4-5-12-24(23)20-32(29)40-31/h1-21H. The summed E-state index contributed by atoms with van der Waals surface area (Å²) in [4.78, 5) is 10.2. The van der Waals surface area contributed by atoms with Crippen molar-refractivity contribution in [3.8, 4) is 17.1 Å². The number of benzene rings is 6. The number of fused-ring (bicyclic) bond motifs is 9. The van der Waals surface area contributed by atoms with Gasteiger partial charge in [-0.1, -0.05) is 91.0 Å². The van der Waals surface area contributed by atoms with Gasteiger partial charge in [0.25, 0.3) is 0 Å². The highest BCUT2D eigenvalue weighted by atomic mass is 16.3. The van der Waals surface area contributed by atoms with Crippen LogP contribution in [-0.2, 0) is 0 Å². The van der Waals surface area contributed by atoms with E-state index in [1.54, 1.807) is 0 Å². The van der Waals surface area contributed by atoms with Crippen molar-refractivity contribution in [2.24, 2.45) is 0 Å². The number of para-hydroxylation sites is 2. The summed E-state index contributed by atoms with van der Waals surface area (Å²) in [5, 5.41) is 7.84. The van der Waals surface area contributed by atoms with Crippen LogP contribution in [-0.4, -0.2) is 14.5 Å². The fourth-order valence-electron chi connectivity index (χ4n) is 6.21. The second-order valence-electron chi connectivity index (χ2n) is 10.3. The van der Waals surface area contributed by atoms with Gasteiger partial charge >= 0.3 is 0 Å². The van der Waals surface area contributed by atoms with Gasteiger partial charge in [-0.25, -0.2) is 9.97 Å². The molecule has 0 aliphatic carbocycles. The minimum Gasteiger partial charge on any atom is -0.456 e. The van der Waals surface area contributed by atoms with E-state index in [0.717, 1.165) is 71.2 Å². The van der Waals surface area contributed by atoms with Gasteiger partial charge in [-0.15, -0.1) is 0 Å². The molecule has 186 valence electrons. The zero-order valence-electron chi connectivity index (χ0n) is 21.4. The van der Waals surface area contributed by atoms with Crippen molar-refractivity contribution >= 4 is 65.4 Å². The monoisotopic (exact) mass is 511 g/mol. The number of nitrogens with zero attached hydrogens (tertiary/aromatic N) is 3. The van der Waals surface area contributed by atoms with E-state index < -0.39 is 0 Å². The molecule has 0 saturated carbocycles. The molecule has 3 heterocycles. The summed E-state index contributed by atoms with van der Waals surface area (Å²) in [5.74, 6) is 0.643. The first-order valence-corrected chi connectivity index (χ1v) is 13.4. The van der Waals surface area contributed by atoms with Crippen molar-refractivity contribution in [2.75, 3.05) is 0 Å². The summed E-state index contributed by atoms with van der Waals surface area (Å²) in [5.41, 5.74) is 7.01. The van der Waals surface area contributed by atoms with E-state index in [1.807, 2.05) is 12.3 Å². The Labute approximate surface area is 228 Å². The highest BCUT2D eigenvalue weighted by Crippen LogP contribution is 2.41. The van der Waals surface area contributed by atoms with E-state index >= 15 is 0 Å². The molecule has 9 aromatic rings. The van der Waals surface area contributed by atoms with E-state index in [9.17, 15) is 0 Å². The second kappa shape index (κ2) is 8.01. The van der Waals surface area contributed by atoms with Gasteiger partial charge in [-0.2, -0.15) is 0 Å². The summed E-state index contributed by atoms with van der Waals surface area (Å²) < 4.78 is 8.66. The maximum Gasteiger partial charge on any atom is 0.235 e. The zero-order valence-corrected chi connectivity index (χ0v) is 21.4. The van der Waals surface area contributed by atoms with Crippen LogP contribution in [0, 0.1) is 0 Å². The predicted molar refractivity (Wildman–Crippen MR) is 164 cm³/mol. The van der Waals surface area contributed by atoms with Crippen LogP contribution in [0.5, 0.6) is 0 Å². The summed E-state index contributed by atoms with van der Waals surface area (Å²) in [7, 11) is 0. The van der Waals surface area contributed by atoms with Gasteiger partial charge in [0.1, 0.15) is 11.2 Å². The second-order valence-corrected chi connectivity index (χ2v) is 10.3. The Bertz CT molecular complexity index is 2430. The van der Waals surface area contributed by atoms with Gasteiger partial charge in [0.2, 0.25) is 5.95 Å². The molecule has 6 aromatic carbocycles. The van der Waals surface area contributed by atoms with Gasteiger partial charge in [-0.3, -0.25) is 4.57 Å². The van der Waals surface area contributed by atoms with Crippen LogP contribution >= 0.6 is 0 Å². The largest absolute Gasteiger partial charge is 0.456 e. The number of hydrogen-bond donors (Lipinski definition) is 0. The Hall–Kier alpha value is -5.48. The first-order chi connectivity index (χ1) is 19.8. The number of aromatic nitrogens is 3. The van der Waals surface area contributed by atoms with Gasteiger partial charge in [0.05, 0.1) is 21.9 Å². The first kappa shape index (κ1) is 21.5. The molecule has 0 aliphatic heterocycles. The maximum absolute atomic E-state index is 6.45. The molecular formula is C36H21N3O. The summed E-state index contributed by atoms with van der Waals surface area (Å²) in [6.07, 6.45) is 1.94. The molecule has 4 heteroatoms. The van der Waals surface area contributed by atoms with E-state index in [1.165, 1.54) is 5.39 Å². The minimum atomic E-state index is 0.643. The fraction of sp³-hybridized carbons (Fsp3) is 0. The molecule has 40 heavy (non-hydrogen) atoms. The van der Waals surface area contributed by atoms with Crippen LogP contribution in [0.15, 0.2) is 132 Å². The van der Waals surface area contributed by atoms with E-state index in [0.29, 0.717) is 5.95 Å². The molecule has 0 fully saturated rings. The van der Waals surface area contributed by atoms with Gasteiger partial charge in [0, 0.05) is 33.3 Å². The molecule has 9 rings (SSSR count). The number of furan rings is 1. The molecule has 0 saturated heterocycles. The maximum atomic E-state index is 6.45. The predicted octanol–water partition coefficient (Wildman–Crippen LogP) is 9.45. The molecule has 0 amide bonds. The highest BCUT2D eigenvalue weighted by molar-refractivity contribution is 6.25.